The van der Waals surface area contributed by atoms with Gasteiger partial charge >= 0.3 is 0 Å². The first-order valence-electron chi connectivity index (χ1n) is 5.49. The summed E-state index contributed by atoms with van der Waals surface area (Å²) < 4.78 is 0. The number of hydrogen-bond donors (Lipinski definition) is 0. The molecule has 0 radical (unpaired) electrons. The van der Waals surface area contributed by atoms with Gasteiger partial charge in [-0.25, -0.2) is 0 Å². The Hall–Kier alpha value is -1.04. The largest absolute Gasteiger partial charge is 0.299 e. The first-order chi connectivity index (χ1) is 8.11. The Morgan fingerprint density at radius 2 is 2.06 bits per heavy atom. The molecule has 1 saturated carbocycles. The van der Waals surface area contributed by atoms with E-state index in [-0.39, 0.29) is 17.6 Å². The van der Waals surface area contributed by atoms with Crippen LogP contribution in [0.2, 0.25) is 10.0 Å². The lowest BCUT2D eigenvalue weighted by atomic mass is 9.78. The second-order valence-electron chi connectivity index (χ2n) is 4.29. The van der Waals surface area contributed by atoms with Crippen molar-refractivity contribution in [2.24, 2.45) is 5.92 Å². The van der Waals surface area contributed by atoms with Crippen LogP contribution in [0.25, 0.3) is 0 Å². The third-order valence-corrected chi connectivity index (χ3v) is 3.92. The van der Waals surface area contributed by atoms with Crippen molar-refractivity contribution >= 4 is 29.0 Å². The second kappa shape index (κ2) is 5.08. The van der Waals surface area contributed by atoms with E-state index in [1.807, 2.05) is 6.07 Å². The standard InChI is InChI=1S/C13H11Cl2NO/c14-11-3-2-9(6-12(11)15)10-5-8(7-16)1-4-13(10)17/h2-3,6,8,10H,1,4-5H2. The van der Waals surface area contributed by atoms with Crippen molar-refractivity contribution in [3.8, 4) is 6.07 Å². The summed E-state index contributed by atoms with van der Waals surface area (Å²) >= 11 is 11.8. The molecule has 0 spiro atoms. The molecule has 2 rings (SSSR count). The van der Waals surface area contributed by atoms with E-state index in [1.165, 1.54) is 0 Å². The number of nitriles is 1. The van der Waals surface area contributed by atoms with E-state index >= 15 is 0 Å². The number of nitrogens with zero attached hydrogens (tertiary/aromatic N) is 1. The molecule has 0 heterocycles. The maximum Gasteiger partial charge on any atom is 0.140 e. The fraction of sp³-hybridized carbons (Fsp3) is 0.385. The van der Waals surface area contributed by atoms with Crippen LogP contribution >= 0.6 is 23.2 Å². The molecule has 1 aromatic carbocycles. The van der Waals surface area contributed by atoms with Gasteiger partial charge in [0.1, 0.15) is 5.78 Å². The smallest absolute Gasteiger partial charge is 0.140 e. The summed E-state index contributed by atoms with van der Waals surface area (Å²) in [4.78, 5) is 11.9. The number of carbonyl (C=O) groups is 1. The Morgan fingerprint density at radius 3 is 2.71 bits per heavy atom. The maximum atomic E-state index is 11.9. The SMILES string of the molecule is N#CC1CCC(=O)C(c2ccc(Cl)c(Cl)c2)C1. The first-order valence-corrected chi connectivity index (χ1v) is 6.24. The molecule has 17 heavy (non-hydrogen) atoms. The van der Waals surface area contributed by atoms with Gasteiger partial charge in [0.25, 0.3) is 0 Å². The minimum absolute atomic E-state index is 0.0350. The van der Waals surface area contributed by atoms with Crippen LogP contribution in [-0.2, 0) is 4.79 Å². The number of Topliss-reactive ketones (excluding diaryl/α,β-unsaturated/α-hetero) is 1. The summed E-state index contributed by atoms with van der Waals surface area (Å²) in [7, 11) is 0. The molecule has 0 saturated heterocycles. The Kier molecular flexibility index (Phi) is 3.71. The van der Waals surface area contributed by atoms with Gasteiger partial charge in [-0.2, -0.15) is 5.26 Å². The Labute approximate surface area is 110 Å². The number of carbonyl (C=O) groups excluding carboxylic acids is 1. The van der Waals surface area contributed by atoms with Gasteiger partial charge in [-0.3, -0.25) is 4.79 Å². The van der Waals surface area contributed by atoms with Crippen molar-refractivity contribution in [1.29, 1.82) is 5.26 Å². The molecule has 0 aliphatic heterocycles. The number of halogens is 2. The Morgan fingerprint density at radius 1 is 1.29 bits per heavy atom. The summed E-state index contributed by atoms with van der Waals surface area (Å²) in [6.07, 6.45) is 1.74. The topological polar surface area (TPSA) is 40.9 Å². The second-order valence-corrected chi connectivity index (χ2v) is 5.11. The van der Waals surface area contributed by atoms with Crippen molar-refractivity contribution in [1.82, 2.24) is 0 Å². The fourth-order valence-electron chi connectivity index (χ4n) is 2.19. The van der Waals surface area contributed by atoms with Crippen LogP contribution in [-0.4, -0.2) is 5.78 Å². The molecule has 2 atom stereocenters. The average Bonchev–Trinajstić information content (AvgIpc) is 2.33. The van der Waals surface area contributed by atoms with E-state index in [4.69, 9.17) is 28.5 Å². The van der Waals surface area contributed by atoms with E-state index in [0.29, 0.717) is 29.3 Å². The highest BCUT2D eigenvalue weighted by molar-refractivity contribution is 6.42. The van der Waals surface area contributed by atoms with E-state index < -0.39 is 0 Å². The maximum absolute atomic E-state index is 11.9. The molecule has 4 heteroatoms. The van der Waals surface area contributed by atoms with E-state index in [1.54, 1.807) is 12.1 Å². The molecule has 0 amide bonds. The normalized spacial score (nSPS) is 24.4. The molecule has 2 unspecified atom stereocenters. The summed E-state index contributed by atoms with van der Waals surface area (Å²) in [5.74, 6) is -0.0507. The zero-order chi connectivity index (χ0) is 12.4. The van der Waals surface area contributed by atoms with Gasteiger partial charge in [0.15, 0.2) is 0 Å². The Bertz CT molecular complexity index is 493. The van der Waals surface area contributed by atoms with Crippen molar-refractivity contribution < 1.29 is 4.79 Å². The van der Waals surface area contributed by atoms with Gasteiger partial charge in [-0.15, -0.1) is 0 Å². The lowest BCUT2D eigenvalue weighted by molar-refractivity contribution is -0.122. The predicted octanol–water partition coefficient (Wildman–Crippen LogP) is 3.97. The van der Waals surface area contributed by atoms with Gasteiger partial charge in [0.2, 0.25) is 0 Å². The highest BCUT2D eigenvalue weighted by Crippen LogP contribution is 2.35. The molecule has 1 aromatic rings. The van der Waals surface area contributed by atoms with Crippen LogP contribution in [0.3, 0.4) is 0 Å². The fourth-order valence-corrected chi connectivity index (χ4v) is 2.50. The van der Waals surface area contributed by atoms with Crippen molar-refractivity contribution in [2.45, 2.75) is 25.2 Å². The Balaban J connectivity index is 2.28. The van der Waals surface area contributed by atoms with Gasteiger partial charge in [-0.05, 0) is 30.5 Å². The molecule has 1 aliphatic rings. The molecule has 0 N–H and O–H groups in total. The zero-order valence-corrected chi connectivity index (χ0v) is 10.6. The molecule has 88 valence electrons. The summed E-state index contributed by atoms with van der Waals surface area (Å²) in [5.41, 5.74) is 0.865. The highest BCUT2D eigenvalue weighted by atomic mass is 35.5. The summed E-state index contributed by atoms with van der Waals surface area (Å²) in [6, 6.07) is 7.48. The van der Waals surface area contributed by atoms with E-state index in [0.717, 1.165) is 5.56 Å². The van der Waals surface area contributed by atoms with Crippen molar-refractivity contribution in [3.05, 3.63) is 33.8 Å². The minimum Gasteiger partial charge on any atom is -0.299 e. The van der Waals surface area contributed by atoms with Gasteiger partial charge < -0.3 is 0 Å². The summed E-state index contributed by atoms with van der Waals surface area (Å²) in [5, 5.41) is 9.87. The predicted molar refractivity (Wildman–Crippen MR) is 67.2 cm³/mol. The molecular formula is C13H11Cl2NO. The van der Waals surface area contributed by atoms with Gasteiger partial charge in [0, 0.05) is 18.3 Å². The first kappa shape index (κ1) is 12.4. The van der Waals surface area contributed by atoms with Crippen molar-refractivity contribution in [3.63, 3.8) is 0 Å². The molecule has 0 bridgehead atoms. The van der Waals surface area contributed by atoms with Gasteiger partial charge in [0.05, 0.1) is 16.1 Å². The number of benzene rings is 1. The molecule has 0 aromatic heterocycles. The average molecular weight is 268 g/mol. The minimum atomic E-state index is -0.205. The number of rotatable bonds is 1. The van der Waals surface area contributed by atoms with E-state index in [9.17, 15) is 4.79 Å². The molecular weight excluding hydrogens is 257 g/mol. The number of ketones is 1. The molecule has 1 aliphatic carbocycles. The monoisotopic (exact) mass is 267 g/mol. The van der Waals surface area contributed by atoms with Crippen LogP contribution in [0.4, 0.5) is 0 Å². The van der Waals surface area contributed by atoms with Crippen LogP contribution < -0.4 is 0 Å². The summed E-state index contributed by atoms with van der Waals surface area (Å²) in [6.45, 7) is 0. The lowest BCUT2D eigenvalue weighted by Crippen LogP contribution is -2.22. The van der Waals surface area contributed by atoms with Crippen LogP contribution in [0.5, 0.6) is 0 Å². The molecule has 1 fully saturated rings. The zero-order valence-electron chi connectivity index (χ0n) is 9.12. The number of hydrogen-bond acceptors (Lipinski definition) is 2. The van der Waals surface area contributed by atoms with Crippen LogP contribution in [0, 0.1) is 17.2 Å². The lowest BCUT2D eigenvalue weighted by Gasteiger charge is -2.24. The third kappa shape index (κ3) is 2.62. The van der Waals surface area contributed by atoms with Crippen LogP contribution in [0.1, 0.15) is 30.7 Å². The quantitative estimate of drug-likeness (QED) is 0.773. The van der Waals surface area contributed by atoms with Crippen LogP contribution in [0.15, 0.2) is 18.2 Å². The third-order valence-electron chi connectivity index (χ3n) is 3.18. The van der Waals surface area contributed by atoms with Gasteiger partial charge in [-0.1, -0.05) is 29.3 Å². The highest BCUT2D eigenvalue weighted by Gasteiger charge is 2.30. The van der Waals surface area contributed by atoms with E-state index in [2.05, 4.69) is 6.07 Å². The van der Waals surface area contributed by atoms with Crippen molar-refractivity contribution in [2.75, 3.05) is 0 Å². The molecule has 2 nitrogen and oxygen atoms in total.